The highest BCUT2D eigenvalue weighted by Gasteiger charge is 2.14. The number of aliphatic hydroxyl groups excluding tert-OH is 1. The Balaban J connectivity index is 2.11. The second kappa shape index (κ2) is 7.62. The van der Waals surface area contributed by atoms with Crippen molar-refractivity contribution in [3.63, 3.8) is 0 Å². The van der Waals surface area contributed by atoms with Crippen molar-refractivity contribution in [2.45, 2.75) is 39.2 Å². The normalized spacial score (nSPS) is 12.8. The number of ether oxygens (including phenoxy) is 1. The van der Waals surface area contributed by atoms with Crippen LogP contribution in [-0.4, -0.2) is 37.4 Å². The van der Waals surface area contributed by atoms with Gasteiger partial charge in [-0.3, -0.25) is 4.79 Å². The maximum absolute atomic E-state index is 12.0. The van der Waals surface area contributed by atoms with Gasteiger partial charge in [0.25, 0.3) is 0 Å². The molecular weight excluding hydrogens is 294 g/mol. The molecule has 23 heavy (non-hydrogen) atoms. The lowest BCUT2D eigenvalue weighted by atomic mass is 9.95. The predicted octanol–water partition coefficient (Wildman–Crippen LogP) is 2.53. The van der Waals surface area contributed by atoms with Crippen molar-refractivity contribution in [1.29, 1.82) is 0 Å². The number of benzene rings is 1. The molecule has 1 unspecified atom stereocenters. The van der Waals surface area contributed by atoms with E-state index >= 15 is 0 Å². The smallest absolute Gasteiger partial charge is 0.224 e. The minimum atomic E-state index is -0.694. The van der Waals surface area contributed by atoms with Gasteiger partial charge in [-0.2, -0.15) is 0 Å². The number of hydrogen-bond acceptors (Lipinski definition) is 4. The molecule has 0 radical (unpaired) electrons. The quantitative estimate of drug-likeness (QED) is 0.822. The Morgan fingerprint density at radius 3 is 2.78 bits per heavy atom. The number of hydrogen-bond donors (Lipinski definition) is 2. The van der Waals surface area contributed by atoms with Gasteiger partial charge in [0.2, 0.25) is 5.91 Å². The Bertz CT molecular complexity index is 675. The van der Waals surface area contributed by atoms with Crippen LogP contribution in [0, 0.1) is 6.92 Å². The van der Waals surface area contributed by atoms with Crippen LogP contribution in [0.4, 0.5) is 0 Å². The average Bonchev–Trinajstić information content (AvgIpc) is 2.86. The molecule has 1 amide bonds. The van der Waals surface area contributed by atoms with Crippen molar-refractivity contribution < 1.29 is 19.1 Å². The van der Waals surface area contributed by atoms with Crippen LogP contribution in [0.25, 0.3) is 11.0 Å². The van der Waals surface area contributed by atoms with E-state index in [-0.39, 0.29) is 25.5 Å². The minimum Gasteiger partial charge on any atom is -0.464 e. The van der Waals surface area contributed by atoms with Gasteiger partial charge in [-0.05, 0) is 36.1 Å². The van der Waals surface area contributed by atoms with Gasteiger partial charge in [0.15, 0.2) is 0 Å². The van der Waals surface area contributed by atoms with Crippen LogP contribution in [0.15, 0.2) is 22.8 Å². The van der Waals surface area contributed by atoms with Gasteiger partial charge in [0, 0.05) is 24.6 Å². The number of amides is 1. The SMILES string of the molecule is COCC(O)CNC(=O)Cc1coc2cc(C)c(C(C)C)cc12. The molecule has 2 rings (SSSR count). The van der Waals surface area contributed by atoms with Crippen molar-refractivity contribution in [3.8, 4) is 0 Å². The van der Waals surface area contributed by atoms with Crippen LogP contribution in [0.2, 0.25) is 0 Å². The van der Waals surface area contributed by atoms with Gasteiger partial charge in [-0.1, -0.05) is 13.8 Å². The fourth-order valence-electron chi connectivity index (χ4n) is 2.72. The molecule has 2 aromatic rings. The van der Waals surface area contributed by atoms with E-state index < -0.39 is 6.10 Å². The largest absolute Gasteiger partial charge is 0.464 e. The molecule has 1 aromatic carbocycles. The van der Waals surface area contributed by atoms with Gasteiger partial charge >= 0.3 is 0 Å². The number of methoxy groups -OCH3 is 1. The van der Waals surface area contributed by atoms with Gasteiger partial charge in [-0.15, -0.1) is 0 Å². The first-order valence-corrected chi connectivity index (χ1v) is 7.86. The minimum absolute atomic E-state index is 0.144. The third-order valence-electron chi connectivity index (χ3n) is 3.91. The molecule has 0 aliphatic rings. The van der Waals surface area contributed by atoms with Crippen molar-refractivity contribution >= 4 is 16.9 Å². The van der Waals surface area contributed by atoms with Crippen molar-refractivity contribution in [2.75, 3.05) is 20.3 Å². The number of nitrogens with one attached hydrogen (secondary N) is 1. The van der Waals surface area contributed by atoms with Crippen LogP contribution in [0.3, 0.4) is 0 Å². The fourth-order valence-corrected chi connectivity index (χ4v) is 2.72. The third kappa shape index (κ3) is 4.33. The fraction of sp³-hybridized carbons (Fsp3) is 0.500. The topological polar surface area (TPSA) is 71.7 Å². The summed E-state index contributed by atoms with van der Waals surface area (Å²) in [7, 11) is 1.51. The number of carbonyl (C=O) groups excluding carboxylic acids is 1. The second-order valence-corrected chi connectivity index (χ2v) is 6.21. The summed E-state index contributed by atoms with van der Waals surface area (Å²) in [4.78, 5) is 12.0. The molecule has 0 spiro atoms. The first kappa shape index (κ1) is 17.5. The molecule has 0 saturated carbocycles. The standard InChI is InChI=1S/C18H25NO4/c1-11(2)15-7-16-13(9-23-17(16)5-12(15)3)6-18(21)19-8-14(20)10-22-4/h5,7,9,11,14,20H,6,8,10H2,1-4H3,(H,19,21). The van der Waals surface area contributed by atoms with Crippen LogP contribution in [0.5, 0.6) is 0 Å². The van der Waals surface area contributed by atoms with Crippen molar-refractivity contribution in [1.82, 2.24) is 5.32 Å². The van der Waals surface area contributed by atoms with E-state index in [1.165, 1.54) is 18.2 Å². The summed E-state index contributed by atoms with van der Waals surface area (Å²) in [5.41, 5.74) is 4.12. The highest BCUT2D eigenvalue weighted by atomic mass is 16.5. The first-order chi connectivity index (χ1) is 10.9. The summed E-state index contributed by atoms with van der Waals surface area (Å²) in [6.07, 6.45) is 1.17. The number of aryl methyl sites for hydroxylation is 1. The van der Waals surface area contributed by atoms with Gasteiger partial charge in [0.1, 0.15) is 5.58 Å². The summed E-state index contributed by atoms with van der Waals surface area (Å²) < 4.78 is 10.4. The molecule has 1 aromatic heterocycles. The lowest BCUT2D eigenvalue weighted by Crippen LogP contribution is -2.35. The monoisotopic (exact) mass is 319 g/mol. The van der Waals surface area contributed by atoms with E-state index in [1.807, 2.05) is 6.07 Å². The molecule has 1 atom stereocenters. The molecule has 5 heteroatoms. The molecule has 0 aliphatic carbocycles. The molecular formula is C18H25NO4. The second-order valence-electron chi connectivity index (χ2n) is 6.21. The summed E-state index contributed by atoms with van der Waals surface area (Å²) in [6.45, 7) is 6.75. The Hall–Kier alpha value is -1.85. The maximum atomic E-state index is 12.0. The zero-order valence-electron chi connectivity index (χ0n) is 14.2. The molecule has 126 valence electrons. The number of rotatable bonds is 7. The van der Waals surface area contributed by atoms with Crippen LogP contribution >= 0.6 is 0 Å². The molecule has 0 saturated heterocycles. The lowest BCUT2D eigenvalue weighted by Gasteiger charge is -2.11. The third-order valence-corrected chi connectivity index (χ3v) is 3.91. The molecule has 0 fully saturated rings. The van der Waals surface area contributed by atoms with E-state index in [2.05, 4.69) is 32.2 Å². The molecule has 0 aliphatic heterocycles. The number of fused-ring (bicyclic) bond motifs is 1. The Morgan fingerprint density at radius 2 is 2.13 bits per heavy atom. The molecule has 1 heterocycles. The highest BCUT2D eigenvalue weighted by molar-refractivity contribution is 5.88. The summed E-state index contributed by atoms with van der Waals surface area (Å²) >= 11 is 0. The van der Waals surface area contributed by atoms with E-state index in [0.29, 0.717) is 5.92 Å². The zero-order valence-corrected chi connectivity index (χ0v) is 14.2. The highest BCUT2D eigenvalue weighted by Crippen LogP contribution is 2.29. The summed E-state index contributed by atoms with van der Waals surface area (Å²) in [5.74, 6) is 0.273. The Kier molecular flexibility index (Phi) is 5.80. The summed E-state index contributed by atoms with van der Waals surface area (Å²) in [6, 6.07) is 4.13. The van der Waals surface area contributed by atoms with Crippen molar-refractivity contribution in [2.24, 2.45) is 0 Å². The number of carbonyl (C=O) groups is 1. The van der Waals surface area contributed by atoms with Gasteiger partial charge in [0.05, 0.1) is 25.4 Å². The Morgan fingerprint density at radius 1 is 1.39 bits per heavy atom. The maximum Gasteiger partial charge on any atom is 0.224 e. The van der Waals surface area contributed by atoms with E-state index in [1.54, 1.807) is 6.26 Å². The predicted molar refractivity (Wildman–Crippen MR) is 89.6 cm³/mol. The molecule has 5 nitrogen and oxygen atoms in total. The number of furan rings is 1. The van der Waals surface area contributed by atoms with E-state index in [9.17, 15) is 9.90 Å². The van der Waals surface area contributed by atoms with Gasteiger partial charge < -0.3 is 19.6 Å². The molecule has 0 bridgehead atoms. The first-order valence-electron chi connectivity index (χ1n) is 7.86. The Labute approximate surface area is 136 Å². The van der Waals surface area contributed by atoms with Crippen LogP contribution in [-0.2, 0) is 16.0 Å². The van der Waals surface area contributed by atoms with Gasteiger partial charge in [-0.25, -0.2) is 0 Å². The van der Waals surface area contributed by atoms with Crippen molar-refractivity contribution in [3.05, 3.63) is 35.1 Å². The van der Waals surface area contributed by atoms with E-state index in [4.69, 9.17) is 9.15 Å². The summed E-state index contributed by atoms with van der Waals surface area (Å²) in [5, 5.41) is 13.3. The number of aliphatic hydroxyl groups is 1. The van der Waals surface area contributed by atoms with Crippen LogP contribution < -0.4 is 5.32 Å². The van der Waals surface area contributed by atoms with Crippen LogP contribution in [0.1, 0.15) is 36.5 Å². The molecule has 2 N–H and O–H groups in total. The van der Waals surface area contributed by atoms with E-state index in [0.717, 1.165) is 16.5 Å². The average molecular weight is 319 g/mol. The lowest BCUT2D eigenvalue weighted by molar-refractivity contribution is -0.121. The zero-order chi connectivity index (χ0) is 17.0.